The van der Waals surface area contributed by atoms with Crippen LogP contribution in [0.2, 0.25) is 0 Å². The van der Waals surface area contributed by atoms with Crippen LogP contribution in [0, 0.1) is 5.92 Å². The van der Waals surface area contributed by atoms with E-state index in [2.05, 4.69) is 9.98 Å². The number of carbonyl (C=O) groups excluding carboxylic acids is 1. The maximum Gasteiger partial charge on any atom is 0.416 e. The Morgan fingerprint density at radius 2 is 1.91 bits per heavy atom. The highest BCUT2D eigenvalue weighted by molar-refractivity contribution is 6.07. The molecule has 0 amide bonds. The van der Waals surface area contributed by atoms with Crippen LogP contribution in [0.4, 0.5) is 18.9 Å². The molecule has 32 heavy (non-hydrogen) atoms. The van der Waals surface area contributed by atoms with Crippen molar-refractivity contribution in [1.82, 2.24) is 4.98 Å². The maximum absolute atomic E-state index is 14.0. The van der Waals surface area contributed by atoms with Gasteiger partial charge in [0, 0.05) is 24.8 Å². The van der Waals surface area contributed by atoms with Crippen LogP contribution in [-0.2, 0) is 20.4 Å². The summed E-state index contributed by atoms with van der Waals surface area (Å²) in [6, 6.07) is 6.77. The standard InChI is InChI=1S/C23H25F3N2O4/c1-5-31-22(29)20-17(12-30-4)28-16-10-11-27-21(32-13(2)3)19(16)18(20)14-8-6-7-9-15(14)23(24,25)26/h6-11,13,18,20H,5,12H2,1-4H3. The summed E-state index contributed by atoms with van der Waals surface area (Å²) < 4.78 is 58.3. The summed E-state index contributed by atoms with van der Waals surface area (Å²) in [6.07, 6.45) is -3.45. The van der Waals surface area contributed by atoms with E-state index in [9.17, 15) is 18.0 Å². The van der Waals surface area contributed by atoms with Gasteiger partial charge in [0.15, 0.2) is 0 Å². The second kappa shape index (κ2) is 9.68. The van der Waals surface area contributed by atoms with Crippen molar-refractivity contribution in [3.05, 3.63) is 53.2 Å². The molecule has 2 aromatic rings. The average Bonchev–Trinajstić information content (AvgIpc) is 2.72. The van der Waals surface area contributed by atoms with Crippen molar-refractivity contribution < 1.29 is 32.2 Å². The summed E-state index contributed by atoms with van der Waals surface area (Å²) in [5.41, 5.74) is 0.0517. The van der Waals surface area contributed by atoms with Crippen molar-refractivity contribution in [2.75, 3.05) is 20.3 Å². The maximum atomic E-state index is 14.0. The van der Waals surface area contributed by atoms with Gasteiger partial charge in [0.25, 0.3) is 0 Å². The second-order valence-corrected chi connectivity index (χ2v) is 7.54. The second-order valence-electron chi connectivity index (χ2n) is 7.54. The van der Waals surface area contributed by atoms with Gasteiger partial charge in [0.1, 0.15) is 5.92 Å². The quantitative estimate of drug-likeness (QED) is 0.560. The number of halogens is 3. The molecule has 1 aromatic carbocycles. The van der Waals surface area contributed by atoms with Crippen LogP contribution in [0.15, 0.2) is 41.5 Å². The SMILES string of the molecule is CCOC(=O)C1C(COC)=Nc2ccnc(OC(C)C)c2C1c1ccccc1C(F)(F)F. The molecule has 3 rings (SSSR count). The summed E-state index contributed by atoms with van der Waals surface area (Å²) in [4.78, 5) is 21.9. The third-order valence-electron chi connectivity index (χ3n) is 4.98. The molecule has 0 spiro atoms. The Labute approximate surface area is 184 Å². The first-order valence-corrected chi connectivity index (χ1v) is 10.2. The fraction of sp³-hybridized carbons (Fsp3) is 0.435. The first-order chi connectivity index (χ1) is 15.2. The van der Waals surface area contributed by atoms with Gasteiger partial charge in [-0.1, -0.05) is 18.2 Å². The molecule has 0 saturated carbocycles. The van der Waals surface area contributed by atoms with Crippen LogP contribution in [0.5, 0.6) is 5.88 Å². The highest BCUT2D eigenvalue weighted by Crippen LogP contribution is 2.49. The molecule has 0 bridgehead atoms. The van der Waals surface area contributed by atoms with Crippen LogP contribution < -0.4 is 4.74 Å². The fourth-order valence-electron chi connectivity index (χ4n) is 3.87. The Kier molecular flexibility index (Phi) is 7.18. The number of aromatic nitrogens is 1. The van der Waals surface area contributed by atoms with Gasteiger partial charge in [-0.25, -0.2) is 4.98 Å². The molecule has 2 atom stereocenters. The lowest BCUT2D eigenvalue weighted by Crippen LogP contribution is -2.38. The van der Waals surface area contributed by atoms with E-state index in [0.717, 1.165) is 6.07 Å². The molecule has 1 aliphatic rings. The van der Waals surface area contributed by atoms with Crippen molar-refractivity contribution in [3.63, 3.8) is 0 Å². The van der Waals surface area contributed by atoms with Crippen LogP contribution in [-0.4, -0.2) is 43.1 Å². The van der Waals surface area contributed by atoms with Gasteiger partial charge < -0.3 is 14.2 Å². The zero-order chi connectivity index (χ0) is 23.5. The van der Waals surface area contributed by atoms with E-state index in [0.29, 0.717) is 11.3 Å². The Bertz CT molecular complexity index is 1000. The number of alkyl halides is 3. The van der Waals surface area contributed by atoms with E-state index in [1.165, 1.54) is 31.5 Å². The van der Waals surface area contributed by atoms with E-state index >= 15 is 0 Å². The minimum atomic E-state index is -4.63. The van der Waals surface area contributed by atoms with Gasteiger partial charge in [0.05, 0.1) is 36.3 Å². The molecule has 0 N–H and O–H groups in total. The normalized spacial score (nSPS) is 18.2. The van der Waals surface area contributed by atoms with E-state index in [1.807, 2.05) is 0 Å². The minimum Gasteiger partial charge on any atom is -0.475 e. The van der Waals surface area contributed by atoms with Crippen LogP contribution in [0.25, 0.3) is 0 Å². The number of hydrogen-bond acceptors (Lipinski definition) is 6. The predicted molar refractivity (Wildman–Crippen MR) is 112 cm³/mol. The largest absolute Gasteiger partial charge is 0.475 e. The van der Waals surface area contributed by atoms with Crippen molar-refractivity contribution in [1.29, 1.82) is 0 Å². The molecule has 9 heteroatoms. The number of methoxy groups -OCH3 is 1. The number of rotatable bonds is 7. The summed E-state index contributed by atoms with van der Waals surface area (Å²) in [5.74, 6) is -2.76. The first kappa shape index (κ1) is 23.7. The number of nitrogens with zero attached hydrogens (tertiary/aromatic N) is 2. The molecular weight excluding hydrogens is 425 g/mol. The topological polar surface area (TPSA) is 70.0 Å². The summed E-state index contributed by atoms with van der Waals surface area (Å²) in [6.45, 7) is 5.22. The lowest BCUT2D eigenvalue weighted by Gasteiger charge is -2.34. The zero-order valence-electron chi connectivity index (χ0n) is 18.3. The molecule has 0 radical (unpaired) electrons. The summed E-state index contributed by atoms with van der Waals surface area (Å²) in [7, 11) is 1.43. The lowest BCUT2D eigenvalue weighted by atomic mass is 9.74. The van der Waals surface area contributed by atoms with Gasteiger partial charge >= 0.3 is 12.1 Å². The van der Waals surface area contributed by atoms with E-state index < -0.39 is 29.5 Å². The number of ether oxygens (including phenoxy) is 3. The fourth-order valence-corrected chi connectivity index (χ4v) is 3.87. The number of aliphatic imine (C=N–C) groups is 1. The highest BCUT2D eigenvalue weighted by atomic mass is 19.4. The monoisotopic (exact) mass is 450 g/mol. The van der Waals surface area contributed by atoms with E-state index in [-0.39, 0.29) is 36.5 Å². The third kappa shape index (κ3) is 4.77. The molecule has 2 unspecified atom stereocenters. The van der Waals surface area contributed by atoms with Crippen molar-refractivity contribution in [3.8, 4) is 5.88 Å². The molecule has 0 fully saturated rings. The highest BCUT2D eigenvalue weighted by Gasteiger charge is 2.46. The van der Waals surface area contributed by atoms with Crippen molar-refractivity contribution in [2.24, 2.45) is 10.9 Å². The van der Waals surface area contributed by atoms with Crippen molar-refractivity contribution >= 4 is 17.4 Å². The van der Waals surface area contributed by atoms with E-state index in [1.54, 1.807) is 26.8 Å². The summed E-state index contributed by atoms with van der Waals surface area (Å²) >= 11 is 0. The Hall–Kier alpha value is -2.94. The molecule has 0 saturated heterocycles. The Morgan fingerprint density at radius 3 is 2.53 bits per heavy atom. The van der Waals surface area contributed by atoms with Gasteiger partial charge in [-0.2, -0.15) is 13.2 Å². The first-order valence-electron chi connectivity index (χ1n) is 10.2. The predicted octanol–water partition coefficient (Wildman–Crippen LogP) is 4.93. The smallest absolute Gasteiger partial charge is 0.416 e. The molecular formula is C23H25F3N2O4. The van der Waals surface area contributed by atoms with Gasteiger partial charge in [-0.05, 0) is 38.5 Å². The van der Waals surface area contributed by atoms with Crippen LogP contribution in [0.3, 0.4) is 0 Å². The van der Waals surface area contributed by atoms with Gasteiger partial charge in [0.2, 0.25) is 5.88 Å². The zero-order valence-corrected chi connectivity index (χ0v) is 18.3. The lowest BCUT2D eigenvalue weighted by molar-refractivity contribution is -0.147. The number of pyridine rings is 1. The van der Waals surface area contributed by atoms with Crippen LogP contribution in [0.1, 0.15) is 43.4 Å². The number of benzene rings is 1. The minimum absolute atomic E-state index is 0.0453. The van der Waals surface area contributed by atoms with Gasteiger partial charge in [-0.3, -0.25) is 9.79 Å². The molecule has 6 nitrogen and oxygen atoms in total. The number of carbonyl (C=O) groups is 1. The molecule has 1 aromatic heterocycles. The number of hydrogen-bond donors (Lipinski definition) is 0. The molecule has 2 heterocycles. The third-order valence-corrected chi connectivity index (χ3v) is 4.98. The average molecular weight is 450 g/mol. The summed E-state index contributed by atoms with van der Waals surface area (Å²) in [5, 5.41) is 0. The van der Waals surface area contributed by atoms with Crippen LogP contribution >= 0.6 is 0 Å². The Morgan fingerprint density at radius 1 is 1.19 bits per heavy atom. The Balaban J connectivity index is 2.35. The molecule has 1 aliphatic heterocycles. The van der Waals surface area contributed by atoms with Crippen molar-refractivity contribution in [2.45, 2.75) is 39.0 Å². The van der Waals surface area contributed by atoms with E-state index in [4.69, 9.17) is 14.2 Å². The number of fused-ring (bicyclic) bond motifs is 1. The molecule has 172 valence electrons. The number of esters is 1. The molecule has 0 aliphatic carbocycles. The van der Waals surface area contributed by atoms with Gasteiger partial charge in [-0.15, -0.1) is 0 Å².